The van der Waals surface area contributed by atoms with Gasteiger partial charge in [-0.1, -0.05) is 0 Å². The minimum absolute atomic E-state index is 0.0997. The first-order chi connectivity index (χ1) is 11.0. The van der Waals surface area contributed by atoms with Gasteiger partial charge in [0.05, 0.1) is 24.7 Å². The number of hydrogen-bond acceptors (Lipinski definition) is 6. The number of nitro benzene ring substituents is 1. The topological polar surface area (TPSA) is 104 Å². The van der Waals surface area contributed by atoms with Crippen molar-refractivity contribution < 1.29 is 19.2 Å². The molecule has 1 aromatic heterocycles. The zero-order chi connectivity index (χ0) is 16.8. The van der Waals surface area contributed by atoms with Crippen molar-refractivity contribution in [3.63, 3.8) is 0 Å². The fourth-order valence-electron chi connectivity index (χ4n) is 1.94. The van der Waals surface area contributed by atoms with Gasteiger partial charge in [0, 0.05) is 30.9 Å². The van der Waals surface area contributed by atoms with E-state index in [1.54, 1.807) is 18.3 Å². The first kappa shape index (κ1) is 16.2. The Balaban J connectivity index is 2.16. The van der Waals surface area contributed by atoms with Gasteiger partial charge in [-0.25, -0.2) is 4.98 Å². The molecule has 0 saturated carbocycles. The van der Waals surface area contributed by atoms with Crippen molar-refractivity contribution >= 4 is 11.6 Å². The molecule has 0 bridgehead atoms. The van der Waals surface area contributed by atoms with Gasteiger partial charge in [-0.2, -0.15) is 0 Å². The number of ether oxygens (including phenoxy) is 2. The highest BCUT2D eigenvalue weighted by molar-refractivity contribution is 5.97. The number of benzene rings is 1. The summed E-state index contributed by atoms with van der Waals surface area (Å²) in [5.74, 6) is 0.228. The molecule has 1 aromatic carbocycles. The zero-order valence-electron chi connectivity index (χ0n) is 12.6. The van der Waals surface area contributed by atoms with Gasteiger partial charge in [0.15, 0.2) is 0 Å². The molecule has 0 atom stereocenters. The van der Waals surface area contributed by atoms with Crippen molar-refractivity contribution in [2.24, 2.45) is 0 Å². The van der Waals surface area contributed by atoms with Crippen molar-refractivity contribution in [2.45, 2.75) is 6.54 Å². The quantitative estimate of drug-likeness (QED) is 0.645. The predicted molar refractivity (Wildman–Crippen MR) is 81.6 cm³/mol. The average Bonchev–Trinajstić information content (AvgIpc) is 2.59. The molecule has 120 valence electrons. The monoisotopic (exact) mass is 317 g/mol. The molecule has 23 heavy (non-hydrogen) atoms. The number of rotatable bonds is 6. The second-order valence-corrected chi connectivity index (χ2v) is 4.53. The van der Waals surface area contributed by atoms with E-state index in [0.29, 0.717) is 5.88 Å². The van der Waals surface area contributed by atoms with Crippen LogP contribution in [0.5, 0.6) is 11.6 Å². The predicted octanol–water partition coefficient (Wildman–Crippen LogP) is 1.94. The lowest BCUT2D eigenvalue weighted by Gasteiger charge is -2.09. The van der Waals surface area contributed by atoms with Crippen LogP contribution in [0, 0.1) is 10.1 Å². The summed E-state index contributed by atoms with van der Waals surface area (Å²) in [6.45, 7) is 0.226. The number of carbonyl (C=O) groups excluding carboxylic acids is 1. The molecular weight excluding hydrogens is 302 g/mol. The number of carbonyl (C=O) groups is 1. The van der Waals surface area contributed by atoms with E-state index in [-0.39, 0.29) is 23.5 Å². The Kier molecular flexibility index (Phi) is 5.08. The van der Waals surface area contributed by atoms with E-state index in [2.05, 4.69) is 10.3 Å². The second kappa shape index (κ2) is 7.21. The molecule has 2 rings (SSSR count). The molecule has 0 fully saturated rings. The van der Waals surface area contributed by atoms with Crippen LogP contribution in [0.1, 0.15) is 15.9 Å². The number of nitrogens with zero attached hydrogens (tertiary/aromatic N) is 2. The van der Waals surface area contributed by atoms with Gasteiger partial charge >= 0.3 is 0 Å². The van der Waals surface area contributed by atoms with E-state index >= 15 is 0 Å². The lowest BCUT2D eigenvalue weighted by Crippen LogP contribution is -2.23. The molecule has 8 heteroatoms. The first-order valence-corrected chi connectivity index (χ1v) is 6.64. The van der Waals surface area contributed by atoms with E-state index < -0.39 is 10.8 Å². The molecular formula is C15H15N3O5. The van der Waals surface area contributed by atoms with Crippen LogP contribution in [0.4, 0.5) is 5.69 Å². The summed E-state index contributed by atoms with van der Waals surface area (Å²) in [6, 6.07) is 7.27. The Morgan fingerprint density at radius 3 is 2.70 bits per heavy atom. The summed E-state index contributed by atoms with van der Waals surface area (Å²) in [5.41, 5.74) is 0.707. The Morgan fingerprint density at radius 2 is 2.04 bits per heavy atom. The van der Waals surface area contributed by atoms with Gasteiger partial charge in [0.25, 0.3) is 11.6 Å². The summed E-state index contributed by atoms with van der Waals surface area (Å²) in [4.78, 5) is 26.5. The number of hydrogen-bond donors (Lipinski definition) is 1. The number of nitro groups is 1. The third-order valence-corrected chi connectivity index (χ3v) is 3.10. The maximum Gasteiger partial charge on any atom is 0.270 e. The minimum Gasteiger partial charge on any atom is -0.496 e. The third-order valence-electron chi connectivity index (χ3n) is 3.10. The third kappa shape index (κ3) is 3.94. The van der Waals surface area contributed by atoms with Crippen LogP contribution in [-0.2, 0) is 6.54 Å². The maximum absolute atomic E-state index is 12.3. The van der Waals surface area contributed by atoms with Gasteiger partial charge in [-0.3, -0.25) is 14.9 Å². The maximum atomic E-state index is 12.3. The van der Waals surface area contributed by atoms with Crippen LogP contribution < -0.4 is 14.8 Å². The van der Waals surface area contributed by atoms with Crippen molar-refractivity contribution in [2.75, 3.05) is 14.2 Å². The molecule has 1 amide bonds. The molecule has 8 nitrogen and oxygen atoms in total. The molecule has 0 spiro atoms. The number of methoxy groups -OCH3 is 2. The molecule has 2 aromatic rings. The van der Waals surface area contributed by atoms with E-state index in [0.717, 1.165) is 5.56 Å². The Labute approximate surface area is 132 Å². The normalized spacial score (nSPS) is 10.0. The van der Waals surface area contributed by atoms with Crippen LogP contribution in [0.25, 0.3) is 0 Å². The summed E-state index contributed by atoms with van der Waals surface area (Å²) in [7, 11) is 2.89. The average molecular weight is 317 g/mol. The second-order valence-electron chi connectivity index (χ2n) is 4.53. The molecule has 0 aliphatic heterocycles. The van der Waals surface area contributed by atoms with Crippen LogP contribution >= 0.6 is 0 Å². The van der Waals surface area contributed by atoms with Gasteiger partial charge in [-0.15, -0.1) is 0 Å². The molecule has 0 aliphatic rings. The van der Waals surface area contributed by atoms with E-state index in [4.69, 9.17) is 9.47 Å². The summed E-state index contributed by atoms with van der Waals surface area (Å²) in [5, 5.41) is 13.5. The summed E-state index contributed by atoms with van der Waals surface area (Å²) < 4.78 is 10.1. The van der Waals surface area contributed by atoms with Crippen LogP contribution in [0.15, 0.2) is 36.5 Å². The molecule has 0 unspecified atom stereocenters. The Morgan fingerprint density at radius 1 is 1.26 bits per heavy atom. The first-order valence-electron chi connectivity index (χ1n) is 6.64. The zero-order valence-corrected chi connectivity index (χ0v) is 12.6. The van der Waals surface area contributed by atoms with E-state index in [9.17, 15) is 14.9 Å². The lowest BCUT2D eigenvalue weighted by atomic mass is 10.1. The van der Waals surface area contributed by atoms with Gasteiger partial charge in [-0.05, 0) is 17.7 Å². The Hall–Kier alpha value is -3.16. The molecule has 1 heterocycles. The highest BCUT2D eigenvalue weighted by Crippen LogP contribution is 2.24. The number of pyridine rings is 1. The van der Waals surface area contributed by atoms with Crippen molar-refractivity contribution in [1.82, 2.24) is 10.3 Å². The standard InChI is InChI=1S/C15H15N3O5/c1-22-13-4-3-11(18(20)21)8-12(13)15(19)17-9-10-5-6-16-14(7-10)23-2/h3-8H,9H2,1-2H3,(H,17,19). The van der Waals surface area contributed by atoms with Crippen LogP contribution in [0.3, 0.4) is 0 Å². The fraction of sp³-hybridized carbons (Fsp3) is 0.200. The smallest absolute Gasteiger partial charge is 0.270 e. The van der Waals surface area contributed by atoms with Gasteiger partial charge < -0.3 is 14.8 Å². The van der Waals surface area contributed by atoms with Crippen molar-refractivity contribution in [3.8, 4) is 11.6 Å². The van der Waals surface area contributed by atoms with Gasteiger partial charge in [0.2, 0.25) is 5.88 Å². The number of amides is 1. The highest BCUT2D eigenvalue weighted by Gasteiger charge is 2.17. The minimum atomic E-state index is -0.566. The Bertz CT molecular complexity index is 733. The highest BCUT2D eigenvalue weighted by atomic mass is 16.6. The van der Waals surface area contributed by atoms with E-state index in [1.807, 2.05) is 0 Å². The van der Waals surface area contributed by atoms with Crippen molar-refractivity contribution in [3.05, 3.63) is 57.8 Å². The molecule has 0 aliphatic carbocycles. The molecule has 0 radical (unpaired) electrons. The van der Waals surface area contributed by atoms with E-state index in [1.165, 1.54) is 32.4 Å². The summed E-state index contributed by atoms with van der Waals surface area (Å²) >= 11 is 0. The largest absolute Gasteiger partial charge is 0.496 e. The fourth-order valence-corrected chi connectivity index (χ4v) is 1.94. The van der Waals surface area contributed by atoms with Gasteiger partial charge in [0.1, 0.15) is 5.75 Å². The van der Waals surface area contributed by atoms with Crippen molar-refractivity contribution in [1.29, 1.82) is 0 Å². The number of nitrogens with one attached hydrogen (secondary N) is 1. The summed E-state index contributed by atoms with van der Waals surface area (Å²) in [6.07, 6.45) is 1.56. The molecule has 1 N–H and O–H groups in total. The molecule has 0 saturated heterocycles. The number of non-ortho nitro benzene ring substituents is 1. The van der Waals surface area contributed by atoms with Crippen LogP contribution in [0.2, 0.25) is 0 Å². The number of aromatic nitrogens is 1. The van der Waals surface area contributed by atoms with Crippen LogP contribution in [-0.4, -0.2) is 30.0 Å². The lowest BCUT2D eigenvalue weighted by molar-refractivity contribution is -0.384. The SMILES string of the molecule is COc1cc(CNC(=O)c2cc([N+](=O)[O-])ccc2OC)ccn1.